The second-order valence-corrected chi connectivity index (χ2v) is 2.32. The van der Waals surface area contributed by atoms with Gasteiger partial charge in [0, 0.05) is 6.33 Å². The van der Waals surface area contributed by atoms with Crippen LogP contribution in [0.2, 0.25) is 0 Å². The zero-order chi connectivity index (χ0) is 8.23. The maximum absolute atomic E-state index is 3.90. The number of rotatable bonds is 1. The van der Waals surface area contributed by atoms with Gasteiger partial charge in [0.2, 0.25) is 0 Å². The minimum Gasteiger partial charge on any atom is -0.352 e. The summed E-state index contributed by atoms with van der Waals surface area (Å²) in [5, 5.41) is 0. The predicted molar refractivity (Wildman–Crippen MR) is 45.1 cm³/mol. The maximum Gasteiger partial charge on any atom is 2.00 e. The average molecular weight is 205 g/mol. The summed E-state index contributed by atoms with van der Waals surface area (Å²) in [5.41, 5.74) is 1.84. The van der Waals surface area contributed by atoms with Gasteiger partial charge in [0.1, 0.15) is 0 Å². The summed E-state index contributed by atoms with van der Waals surface area (Å²) in [7, 11) is 0. The summed E-state index contributed by atoms with van der Waals surface area (Å²) in [6.07, 6.45) is 6.03. The van der Waals surface area contributed by atoms with E-state index in [0.29, 0.717) is 0 Å². The van der Waals surface area contributed by atoms with E-state index in [9.17, 15) is 0 Å². The first-order valence-electron chi connectivity index (χ1n) is 3.61. The van der Waals surface area contributed by atoms with Crippen LogP contribution < -0.4 is 0 Å². The fourth-order valence-corrected chi connectivity index (χ4v) is 0.959. The second kappa shape index (κ2) is 4.80. The summed E-state index contributed by atoms with van der Waals surface area (Å²) in [6.45, 7) is 0. The van der Waals surface area contributed by atoms with E-state index in [1.165, 1.54) is 6.33 Å². The molecule has 2 rings (SSSR count). The molecular formula is C10H6N2V. The van der Waals surface area contributed by atoms with Gasteiger partial charge >= 0.3 is 18.6 Å². The number of benzene rings is 1. The predicted octanol–water partition coefficient (Wildman–Crippen LogP) is 1.74. The van der Waals surface area contributed by atoms with E-state index in [0.717, 1.165) is 11.1 Å². The van der Waals surface area contributed by atoms with Crippen LogP contribution in [0.3, 0.4) is 0 Å². The van der Waals surface area contributed by atoms with Crippen molar-refractivity contribution in [3.05, 3.63) is 49.1 Å². The van der Waals surface area contributed by atoms with Gasteiger partial charge in [-0.15, -0.1) is 6.07 Å². The van der Waals surface area contributed by atoms with Crippen molar-refractivity contribution in [3.8, 4) is 11.1 Å². The molecule has 0 aliphatic rings. The standard InChI is InChI=1S/C10H6N2.V/c1-2-4-9(5-3-1)10-6-11-8-12-7-10;/h1-4,6,8H;/q-2;+2. The molecule has 1 heterocycles. The van der Waals surface area contributed by atoms with Crippen LogP contribution in [0.4, 0.5) is 0 Å². The van der Waals surface area contributed by atoms with Crippen molar-refractivity contribution in [2.24, 2.45) is 0 Å². The Morgan fingerprint density at radius 1 is 1.15 bits per heavy atom. The molecule has 0 unspecified atom stereocenters. The summed E-state index contributed by atoms with van der Waals surface area (Å²) in [5.74, 6) is 0. The Labute approximate surface area is 88.9 Å². The molecule has 0 saturated carbocycles. The molecule has 2 aromatic rings. The quantitative estimate of drug-likeness (QED) is 0.662. The molecule has 0 spiro atoms. The smallest absolute Gasteiger partial charge is 0.352 e. The second-order valence-electron chi connectivity index (χ2n) is 2.32. The van der Waals surface area contributed by atoms with Gasteiger partial charge in [0.05, 0.1) is 0 Å². The minimum atomic E-state index is 0. The van der Waals surface area contributed by atoms with Crippen molar-refractivity contribution in [1.29, 1.82) is 0 Å². The Bertz CT molecular complexity index is 310. The van der Waals surface area contributed by atoms with Crippen molar-refractivity contribution in [1.82, 2.24) is 9.97 Å². The zero-order valence-corrected chi connectivity index (χ0v) is 8.20. The molecule has 13 heavy (non-hydrogen) atoms. The van der Waals surface area contributed by atoms with E-state index in [1.807, 2.05) is 24.3 Å². The fraction of sp³-hybridized carbons (Fsp3) is 0. The van der Waals surface area contributed by atoms with Crippen LogP contribution in [-0.2, 0) is 18.6 Å². The third kappa shape index (κ3) is 2.41. The van der Waals surface area contributed by atoms with Crippen molar-refractivity contribution >= 4 is 0 Å². The molecule has 0 atom stereocenters. The number of hydrogen-bond donors (Lipinski definition) is 0. The molecule has 0 N–H and O–H groups in total. The third-order valence-corrected chi connectivity index (χ3v) is 1.51. The SMILES string of the molecule is [V+2].[c-]1ccccc1-c1[c-]ncnc1. The Kier molecular flexibility index (Phi) is 3.68. The van der Waals surface area contributed by atoms with Gasteiger partial charge in [0.15, 0.2) is 0 Å². The Balaban J connectivity index is 0.000000845. The van der Waals surface area contributed by atoms with Gasteiger partial charge < -0.3 is 9.97 Å². The van der Waals surface area contributed by atoms with E-state index >= 15 is 0 Å². The number of hydrogen-bond acceptors (Lipinski definition) is 2. The van der Waals surface area contributed by atoms with Gasteiger partial charge in [-0.05, 0) is 0 Å². The molecule has 0 aliphatic heterocycles. The normalized spacial score (nSPS) is 8.92. The van der Waals surface area contributed by atoms with Crippen molar-refractivity contribution in [3.63, 3.8) is 0 Å². The van der Waals surface area contributed by atoms with Gasteiger partial charge in [-0.1, -0.05) is 12.4 Å². The van der Waals surface area contributed by atoms with Crippen LogP contribution in [0.5, 0.6) is 0 Å². The third-order valence-electron chi connectivity index (χ3n) is 1.51. The molecule has 2 nitrogen and oxygen atoms in total. The zero-order valence-electron chi connectivity index (χ0n) is 6.81. The van der Waals surface area contributed by atoms with E-state index < -0.39 is 0 Å². The number of nitrogens with zero attached hydrogens (tertiary/aromatic N) is 2. The molecule has 1 aromatic heterocycles. The first-order chi connectivity index (χ1) is 5.97. The summed E-state index contributed by atoms with van der Waals surface area (Å²) >= 11 is 0. The molecule has 1 aromatic carbocycles. The summed E-state index contributed by atoms with van der Waals surface area (Å²) in [6, 6.07) is 10.8. The molecular weight excluding hydrogens is 199 g/mol. The Hall–Kier alpha value is -1.12. The van der Waals surface area contributed by atoms with Crippen molar-refractivity contribution in [2.45, 2.75) is 0 Å². The largest absolute Gasteiger partial charge is 2.00 e. The average Bonchev–Trinajstić information content (AvgIpc) is 2.21. The van der Waals surface area contributed by atoms with E-state index in [4.69, 9.17) is 0 Å². The number of aromatic nitrogens is 2. The molecule has 0 amide bonds. The molecule has 0 saturated heterocycles. The minimum absolute atomic E-state index is 0. The monoisotopic (exact) mass is 205 g/mol. The summed E-state index contributed by atoms with van der Waals surface area (Å²) < 4.78 is 0. The topological polar surface area (TPSA) is 25.8 Å². The van der Waals surface area contributed by atoms with E-state index in [-0.39, 0.29) is 18.6 Å². The van der Waals surface area contributed by atoms with E-state index in [2.05, 4.69) is 22.2 Å². The van der Waals surface area contributed by atoms with Gasteiger partial charge in [-0.3, -0.25) is 0 Å². The van der Waals surface area contributed by atoms with Crippen LogP contribution in [0.1, 0.15) is 0 Å². The molecule has 61 valence electrons. The molecule has 1 radical (unpaired) electrons. The molecule has 0 fully saturated rings. The maximum atomic E-state index is 3.90. The van der Waals surface area contributed by atoms with Crippen molar-refractivity contribution in [2.75, 3.05) is 0 Å². The van der Waals surface area contributed by atoms with Crippen molar-refractivity contribution < 1.29 is 18.6 Å². The van der Waals surface area contributed by atoms with E-state index in [1.54, 1.807) is 6.20 Å². The summed E-state index contributed by atoms with van der Waals surface area (Å²) in [4.78, 5) is 7.70. The molecule has 0 bridgehead atoms. The fourth-order valence-electron chi connectivity index (χ4n) is 0.959. The van der Waals surface area contributed by atoms with Gasteiger partial charge in [-0.25, -0.2) is 5.56 Å². The Morgan fingerprint density at radius 2 is 2.08 bits per heavy atom. The van der Waals surface area contributed by atoms with Crippen LogP contribution in [0, 0.1) is 12.3 Å². The first kappa shape index (κ1) is 9.97. The Morgan fingerprint density at radius 3 is 2.69 bits per heavy atom. The van der Waals surface area contributed by atoms with Crippen LogP contribution in [-0.4, -0.2) is 9.97 Å². The first-order valence-corrected chi connectivity index (χ1v) is 3.61. The molecule has 0 aliphatic carbocycles. The van der Waals surface area contributed by atoms with Crippen LogP contribution in [0.25, 0.3) is 11.1 Å². The van der Waals surface area contributed by atoms with Gasteiger partial charge in [-0.2, -0.15) is 29.8 Å². The van der Waals surface area contributed by atoms with Gasteiger partial charge in [0.25, 0.3) is 0 Å². The molecule has 3 heteroatoms. The van der Waals surface area contributed by atoms with Crippen LogP contribution >= 0.6 is 0 Å². The van der Waals surface area contributed by atoms with Crippen LogP contribution in [0.15, 0.2) is 36.8 Å².